The van der Waals surface area contributed by atoms with E-state index in [0.717, 1.165) is 32.1 Å². The molecular weight excluding hydrogens is 220 g/mol. The lowest BCUT2D eigenvalue weighted by Crippen LogP contribution is -2.51. The highest BCUT2D eigenvalue weighted by Crippen LogP contribution is 2.18. The van der Waals surface area contributed by atoms with Crippen molar-refractivity contribution in [2.75, 3.05) is 20.2 Å². The topological polar surface area (TPSA) is 58.6 Å². The smallest absolute Gasteiger partial charge is 0.410 e. The van der Waals surface area contributed by atoms with E-state index in [9.17, 15) is 9.59 Å². The van der Waals surface area contributed by atoms with Crippen molar-refractivity contribution >= 4 is 12.0 Å². The number of likely N-dealkylation sites (tertiary alicyclic amines) is 1. The van der Waals surface area contributed by atoms with Crippen LogP contribution in [0.15, 0.2) is 0 Å². The van der Waals surface area contributed by atoms with Gasteiger partial charge in [-0.25, -0.2) is 4.79 Å². The Kier molecular flexibility index (Phi) is 5.80. The molecule has 0 radical (unpaired) electrons. The van der Waals surface area contributed by atoms with E-state index in [4.69, 9.17) is 4.74 Å². The van der Waals surface area contributed by atoms with Gasteiger partial charge in [-0.05, 0) is 25.7 Å². The molecule has 0 aromatic heterocycles. The average Bonchev–Trinajstić information content (AvgIpc) is 2.38. The van der Waals surface area contributed by atoms with E-state index in [-0.39, 0.29) is 18.0 Å². The van der Waals surface area contributed by atoms with E-state index in [1.165, 1.54) is 0 Å². The molecule has 98 valence electrons. The second-order valence-electron chi connectivity index (χ2n) is 4.29. The number of nitrogens with zero attached hydrogens (tertiary/aromatic N) is 1. The molecule has 0 saturated carbocycles. The first-order valence-electron chi connectivity index (χ1n) is 6.35. The fraction of sp³-hybridized carbons (Fsp3) is 0.833. The van der Waals surface area contributed by atoms with Gasteiger partial charge in [0.15, 0.2) is 0 Å². The van der Waals surface area contributed by atoms with Crippen LogP contribution in [-0.2, 0) is 9.53 Å². The lowest BCUT2D eigenvalue weighted by molar-refractivity contribution is -0.126. The van der Waals surface area contributed by atoms with E-state index >= 15 is 0 Å². The molecule has 1 heterocycles. The number of unbranched alkanes of at least 4 members (excludes halogenated alkanes) is 1. The molecule has 1 rings (SSSR count). The van der Waals surface area contributed by atoms with Gasteiger partial charge in [-0.3, -0.25) is 9.69 Å². The Morgan fingerprint density at radius 1 is 1.41 bits per heavy atom. The molecule has 1 unspecified atom stereocenters. The van der Waals surface area contributed by atoms with Crippen LogP contribution in [0.3, 0.4) is 0 Å². The van der Waals surface area contributed by atoms with Crippen LogP contribution in [0.4, 0.5) is 4.79 Å². The maximum atomic E-state index is 11.8. The minimum atomic E-state index is -0.358. The molecule has 1 fully saturated rings. The first kappa shape index (κ1) is 13.8. The molecule has 1 aliphatic heterocycles. The Hall–Kier alpha value is -1.26. The van der Waals surface area contributed by atoms with Gasteiger partial charge >= 0.3 is 6.09 Å². The highest BCUT2D eigenvalue weighted by atomic mass is 16.6. The van der Waals surface area contributed by atoms with E-state index in [0.29, 0.717) is 13.2 Å². The fourth-order valence-corrected chi connectivity index (χ4v) is 1.98. The van der Waals surface area contributed by atoms with Crippen LogP contribution in [0.25, 0.3) is 0 Å². The van der Waals surface area contributed by atoms with Gasteiger partial charge in [0.1, 0.15) is 6.04 Å². The number of piperidine rings is 1. The summed E-state index contributed by atoms with van der Waals surface area (Å²) in [5.41, 5.74) is 0. The summed E-state index contributed by atoms with van der Waals surface area (Å²) >= 11 is 0. The maximum absolute atomic E-state index is 11.8. The van der Waals surface area contributed by atoms with E-state index in [1.807, 2.05) is 6.92 Å². The highest BCUT2D eigenvalue weighted by Gasteiger charge is 2.32. The molecule has 1 saturated heterocycles. The quantitative estimate of drug-likeness (QED) is 0.760. The minimum Gasteiger partial charge on any atom is -0.449 e. The van der Waals surface area contributed by atoms with Crippen molar-refractivity contribution < 1.29 is 14.3 Å². The number of carbonyl (C=O) groups is 2. The lowest BCUT2D eigenvalue weighted by atomic mass is 10.0. The maximum Gasteiger partial charge on any atom is 0.410 e. The predicted octanol–water partition coefficient (Wildman–Crippen LogP) is 1.52. The van der Waals surface area contributed by atoms with Crippen molar-refractivity contribution in [1.82, 2.24) is 10.2 Å². The predicted molar refractivity (Wildman–Crippen MR) is 64.7 cm³/mol. The third kappa shape index (κ3) is 3.91. The van der Waals surface area contributed by atoms with E-state index in [2.05, 4.69) is 5.32 Å². The van der Waals surface area contributed by atoms with Gasteiger partial charge in [-0.2, -0.15) is 0 Å². The van der Waals surface area contributed by atoms with E-state index < -0.39 is 0 Å². The number of amides is 2. The molecule has 1 aliphatic rings. The van der Waals surface area contributed by atoms with Crippen LogP contribution in [-0.4, -0.2) is 43.1 Å². The molecule has 5 heteroatoms. The number of hydrogen-bond donors (Lipinski definition) is 1. The van der Waals surface area contributed by atoms with Crippen LogP contribution in [0.5, 0.6) is 0 Å². The number of carbonyl (C=O) groups excluding carboxylic acids is 2. The summed E-state index contributed by atoms with van der Waals surface area (Å²) in [6.45, 7) is 3.09. The Morgan fingerprint density at radius 3 is 2.82 bits per heavy atom. The summed E-state index contributed by atoms with van der Waals surface area (Å²) in [5, 5.41) is 2.60. The van der Waals surface area contributed by atoms with Crippen molar-refractivity contribution in [2.24, 2.45) is 0 Å². The molecule has 1 N–H and O–H groups in total. The monoisotopic (exact) mass is 242 g/mol. The normalized spacial score (nSPS) is 19.9. The zero-order valence-electron chi connectivity index (χ0n) is 10.7. The lowest BCUT2D eigenvalue weighted by Gasteiger charge is -2.33. The second kappa shape index (κ2) is 7.14. The van der Waals surface area contributed by atoms with Crippen LogP contribution in [0, 0.1) is 0 Å². The summed E-state index contributed by atoms with van der Waals surface area (Å²) in [7, 11) is 1.59. The summed E-state index contributed by atoms with van der Waals surface area (Å²) in [6.07, 6.45) is 4.15. The van der Waals surface area contributed by atoms with Crippen molar-refractivity contribution in [3.8, 4) is 0 Å². The summed E-state index contributed by atoms with van der Waals surface area (Å²) in [4.78, 5) is 25.0. The number of rotatable bonds is 4. The Morgan fingerprint density at radius 2 is 2.18 bits per heavy atom. The van der Waals surface area contributed by atoms with Gasteiger partial charge in [-0.15, -0.1) is 0 Å². The molecule has 0 aromatic carbocycles. The van der Waals surface area contributed by atoms with Crippen molar-refractivity contribution in [2.45, 2.75) is 45.1 Å². The van der Waals surface area contributed by atoms with Crippen LogP contribution in [0.2, 0.25) is 0 Å². The summed E-state index contributed by atoms with van der Waals surface area (Å²) in [5.74, 6) is -0.0999. The molecule has 17 heavy (non-hydrogen) atoms. The number of likely N-dealkylation sites (N-methyl/N-ethyl adjacent to an activating group) is 1. The van der Waals surface area contributed by atoms with E-state index in [1.54, 1.807) is 11.9 Å². The first-order chi connectivity index (χ1) is 8.20. The van der Waals surface area contributed by atoms with Crippen LogP contribution in [0.1, 0.15) is 39.0 Å². The van der Waals surface area contributed by atoms with Crippen molar-refractivity contribution in [3.05, 3.63) is 0 Å². The molecule has 5 nitrogen and oxygen atoms in total. The zero-order valence-corrected chi connectivity index (χ0v) is 10.7. The van der Waals surface area contributed by atoms with Gasteiger partial charge in [-0.1, -0.05) is 13.3 Å². The highest BCUT2D eigenvalue weighted by molar-refractivity contribution is 5.85. The average molecular weight is 242 g/mol. The molecule has 2 amide bonds. The van der Waals surface area contributed by atoms with Gasteiger partial charge in [0.05, 0.1) is 6.61 Å². The third-order valence-electron chi connectivity index (χ3n) is 3.01. The van der Waals surface area contributed by atoms with Gasteiger partial charge < -0.3 is 10.1 Å². The summed E-state index contributed by atoms with van der Waals surface area (Å²) in [6, 6.07) is -0.358. The fourth-order valence-electron chi connectivity index (χ4n) is 1.98. The summed E-state index contributed by atoms with van der Waals surface area (Å²) < 4.78 is 5.15. The molecule has 0 aliphatic carbocycles. The van der Waals surface area contributed by atoms with Crippen LogP contribution >= 0.6 is 0 Å². The largest absolute Gasteiger partial charge is 0.449 e. The Bertz CT molecular complexity index is 268. The minimum absolute atomic E-state index is 0.0999. The Balaban J connectivity index is 2.52. The third-order valence-corrected chi connectivity index (χ3v) is 3.01. The Labute approximate surface area is 102 Å². The SMILES string of the molecule is CCCCOC(=O)N1CCCCC1C(=O)NC. The number of nitrogens with one attached hydrogen (secondary N) is 1. The molecule has 1 atom stereocenters. The molecule has 0 bridgehead atoms. The molecule has 0 spiro atoms. The zero-order chi connectivity index (χ0) is 12.7. The van der Waals surface area contributed by atoms with Gasteiger partial charge in [0, 0.05) is 13.6 Å². The van der Waals surface area contributed by atoms with Crippen molar-refractivity contribution in [3.63, 3.8) is 0 Å². The van der Waals surface area contributed by atoms with Gasteiger partial charge in [0.25, 0.3) is 0 Å². The molecular formula is C12H22N2O3. The number of hydrogen-bond acceptors (Lipinski definition) is 3. The molecule has 0 aromatic rings. The number of ether oxygens (including phenoxy) is 1. The van der Waals surface area contributed by atoms with Gasteiger partial charge in [0.2, 0.25) is 5.91 Å². The van der Waals surface area contributed by atoms with Crippen LogP contribution < -0.4 is 5.32 Å². The first-order valence-corrected chi connectivity index (χ1v) is 6.35. The second-order valence-corrected chi connectivity index (χ2v) is 4.29. The van der Waals surface area contributed by atoms with Crippen molar-refractivity contribution in [1.29, 1.82) is 0 Å². The standard InChI is InChI=1S/C12H22N2O3/c1-3-4-9-17-12(16)14-8-6-5-7-10(14)11(15)13-2/h10H,3-9H2,1-2H3,(H,13,15).